The minimum absolute atomic E-state index is 0.0303. The molecule has 1 aromatic carbocycles. The molecule has 0 amide bonds. The Labute approximate surface area is 126 Å². The lowest BCUT2D eigenvalue weighted by Crippen LogP contribution is -2.45. The summed E-state index contributed by atoms with van der Waals surface area (Å²) in [7, 11) is 1.40. The number of hydrogen-bond acceptors (Lipinski definition) is 4. The van der Waals surface area contributed by atoms with Crippen LogP contribution in [0, 0.1) is 0 Å². The fraction of sp³-hybridized carbons (Fsp3) is 0.571. The molecule has 1 unspecified atom stereocenters. The van der Waals surface area contributed by atoms with E-state index in [0.29, 0.717) is 13.1 Å². The molecule has 21 heavy (non-hydrogen) atoms. The molecule has 2 rings (SSSR count). The SMILES string of the molecule is COc1cccc(CN(C)S(=O)(=O)N(C)C2CCNC2)c1. The molecule has 0 aliphatic carbocycles. The third-order valence-corrected chi connectivity index (χ3v) is 5.79. The molecule has 6 nitrogen and oxygen atoms in total. The van der Waals surface area contributed by atoms with Gasteiger partial charge in [-0.15, -0.1) is 0 Å². The van der Waals surface area contributed by atoms with Gasteiger partial charge in [0, 0.05) is 33.2 Å². The first-order valence-corrected chi connectivity index (χ1v) is 8.38. The van der Waals surface area contributed by atoms with Gasteiger partial charge in [-0.2, -0.15) is 17.0 Å². The highest BCUT2D eigenvalue weighted by molar-refractivity contribution is 7.86. The van der Waals surface area contributed by atoms with E-state index in [4.69, 9.17) is 4.74 Å². The summed E-state index contributed by atoms with van der Waals surface area (Å²) >= 11 is 0. The predicted octanol–water partition coefficient (Wildman–Crippen LogP) is 0.666. The zero-order chi connectivity index (χ0) is 15.5. The predicted molar refractivity (Wildman–Crippen MR) is 82.4 cm³/mol. The number of nitrogens with zero attached hydrogens (tertiary/aromatic N) is 2. The monoisotopic (exact) mass is 313 g/mol. The van der Waals surface area contributed by atoms with E-state index in [-0.39, 0.29) is 6.04 Å². The van der Waals surface area contributed by atoms with Crippen LogP contribution in [0.1, 0.15) is 12.0 Å². The van der Waals surface area contributed by atoms with Crippen molar-refractivity contribution in [1.82, 2.24) is 13.9 Å². The van der Waals surface area contributed by atoms with Gasteiger partial charge in [0.15, 0.2) is 0 Å². The van der Waals surface area contributed by atoms with E-state index >= 15 is 0 Å². The van der Waals surface area contributed by atoms with E-state index in [1.165, 1.54) is 8.61 Å². The molecular formula is C14H23N3O3S. The molecule has 0 radical (unpaired) electrons. The molecule has 1 heterocycles. The van der Waals surface area contributed by atoms with Gasteiger partial charge in [-0.3, -0.25) is 0 Å². The summed E-state index contributed by atoms with van der Waals surface area (Å²) in [6, 6.07) is 7.48. The Morgan fingerprint density at radius 3 is 2.76 bits per heavy atom. The largest absolute Gasteiger partial charge is 0.497 e. The van der Waals surface area contributed by atoms with Crippen molar-refractivity contribution in [3.63, 3.8) is 0 Å². The normalized spacial score (nSPS) is 19.4. The van der Waals surface area contributed by atoms with Gasteiger partial charge >= 0.3 is 0 Å². The average molecular weight is 313 g/mol. The van der Waals surface area contributed by atoms with Gasteiger partial charge in [0.2, 0.25) is 0 Å². The van der Waals surface area contributed by atoms with Gasteiger partial charge in [0.25, 0.3) is 10.2 Å². The van der Waals surface area contributed by atoms with Crippen LogP contribution in [-0.4, -0.2) is 57.4 Å². The van der Waals surface area contributed by atoms with Crippen molar-refractivity contribution in [1.29, 1.82) is 0 Å². The van der Waals surface area contributed by atoms with Crippen LogP contribution in [0.3, 0.4) is 0 Å². The Kier molecular flexibility index (Phi) is 5.21. The van der Waals surface area contributed by atoms with E-state index in [1.54, 1.807) is 21.2 Å². The van der Waals surface area contributed by atoms with E-state index in [2.05, 4.69) is 5.32 Å². The number of rotatable bonds is 6. The average Bonchev–Trinajstić information content (AvgIpc) is 3.00. The van der Waals surface area contributed by atoms with Crippen molar-refractivity contribution >= 4 is 10.2 Å². The second-order valence-electron chi connectivity index (χ2n) is 5.28. The van der Waals surface area contributed by atoms with Gasteiger partial charge in [-0.05, 0) is 30.7 Å². The number of hydrogen-bond donors (Lipinski definition) is 1. The molecule has 0 aromatic heterocycles. The zero-order valence-electron chi connectivity index (χ0n) is 12.7. The maximum atomic E-state index is 12.6. The molecule has 1 saturated heterocycles. The number of benzene rings is 1. The number of likely N-dealkylation sites (N-methyl/N-ethyl adjacent to an activating group) is 1. The zero-order valence-corrected chi connectivity index (χ0v) is 13.6. The molecule has 7 heteroatoms. The summed E-state index contributed by atoms with van der Waals surface area (Å²) in [4.78, 5) is 0. The van der Waals surface area contributed by atoms with Crippen LogP contribution in [0.2, 0.25) is 0 Å². The summed E-state index contributed by atoms with van der Waals surface area (Å²) in [6.45, 7) is 1.90. The molecule has 118 valence electrons. The number of nitrogens with one attached hydrogen (secondary N) is 1. The fourth-order valence-corrected chi connectivity index (χ4v) is 3.78. The first kappa shape index (κ1) is 16.2. The minimum atomic E-state index is -3.45. The van der Waals surface area contributed by atoms with E-state index in [1.807, 2.05) is 24.3 Å². The van der Waals surface area contributed by atoms with Crippen LogP contribution in [0.4, 0.5) is 0 Å². The molecule has 1 N–H and O–H groups in total. The van der Waals surface area contributed by atoms with Crippen LogP contribution < -0.4 is 10.1 Å². The molecule has 1 aliphatic rings. The summed E-state index contributed by atoms with van der Waals surface area (Å²) in [6.07, 6.45) is 0.850. The molecule has 0 saturated carbocycles. The summed E-state index contributed by atoms with van der Waals surface area (Å²) in [5, 5.41) is 3.19. The van der Waals surface area contributed by atoms with Gasteiger partial charge in [0.05, 0.1) is 7.11 Å². The Hall–Kier alpha value is -1.15. The molecule has 1 fully saturated rings. The molecule has 1 aliphatic heterocycles. The van der Waals surface area contributed by atoms with Crippen molar-refractivity contribution in [2.45, 2.75) is 19.0 Å². The van der Waals surface area contributed by atoms with E-state index in [9.17, 15) is 8.42 Å². The van der Waals surface area contributed by atoms with Crippen LogP contribution in [0.25, 0.3) is 0 Å². The Morgan fingerprint density at radius 2 is 2.14 bits per heavy atom. The van der Waals surface area contributed by atoms with Crippen molar-refractivity contribution in [3.8, 4) is 5.75 Å². The second-order valence-corrected chi connectivity index (χ2v) is 7.37. The van der Waals surface area contributed by atoms with Crippen molar-refractivity contribution in [2.24, 2.45) is 0 Å². The van der Waals surface area contributed by atoms with Gasteiger partial charge < -0.3 is 10.1 Å². The third kappa shape index (κ3) is 3.74. The summed E-state index contributed by atoms with van der Waals surface area (Å²) < 4.78 is 33.1. The van der Waals surface area contributed by atoms with Crippen LogP contribution in [0.15, 0.2) is 24.3 Å². The molecule has 1 aromatic rings. The maximum absolute atomic E-state index is 12.6. The molecular weight excluding hydrogens is 290 g/mol. The van der Waals surface area contributed by atoms with Crippen LogP contribution in [0.5, 0.6) is 5.75 Å². The Balaban J connectivity index is 2.08. The lowest BCUT2D eigenvalue weighted by atomic mass is 10.2. The second kappa shape index (κ2) is 6.74. The number of methoxy groups -OCH3 is 1. The van der Waals surface area contributed by atoms with Crippen molar-refractivity contribution < 1.29 is 13.2 Å². The smallest absolute Gasteiger partial charge is 0.282 e. The highest BCUT2D eigenvalue weighted by Gasteiger charge is 2.31. The van der Waals surface area contributed by atoms with Gasteiger partial charge in [0.1, 0.15) is 5.75 Å². The first-order chi connectivity index (χ1) is 9.95. The lowest BCUT2D eigenvalue weighted by Gasteiger charge is -2.28. The Bertz CT molecular complexity index is 571. The van der Waals surface area contributed by atoms with Gasteiger partial charge in [-0.25, -0.2) is 0 Å². The Morgan fingerprint density at radius 1 is 1.38 bits per heavy atom. The van der Waals surface area contributed by atoms with Crippen LogP contribution >= 0.6 is 0 Å². The molecule has 1 atom stereocenters. The fourth-order valence-electron chi connectivity index (χ4n) is 2.47. The summed E-state index contributed by atoms with van der Waals surface area (Å²) in [5.41, 5.74) is 0.901. The molecule has 0 bridgehead atoms. The first-order valence-electron chi connectivity index (χ1n) is 6.98. The quantitative estimate of drug-likeness (QED) is 0.838. The topological polar surface area (TPSA) is 61.9 Å². The lowest BCUT2D eigenvalue weighted by molar-refractivity contribution is 0.341. The standard InChI is InChI=1S/C14H23N3O3S/c1-16(11-12-5-4-6-14(9-12)20-3)21(18,19)17(2)13-7-8-15-10-13/h4-6,9,13,15H,7-8,10-11H2,1-3H3. The van der Waals surface area contributed by atoms with Crippen molar-refractivity contribution in [3.05, 3.63) is 29.8 Å². The summed E-state index contributed by atoms with van der Waals surface area (Å²) in [5.74, 6) is 0.728. The third-order valence-electron chi connectivity index (χ3n) is 3.85. The van der Waals surface area contributed by atoms with Gasteiger partial charge in [-0.1, -0.05) is 12.1 Å². The van der Waals surface area contributed by atoms with E-state index < -0.39 is 10.2 Å². The van der Waals surface area contributed by atoms with E-state index in [0.717, 1.165) is 24.3 Å². The maximum Gasteiger partial charge on any atom is 0.282 e. The van der Waals surface area contributed by atoms with Crippen molar-refractivity contribution in [2.75, 3.05) is 34.3 Å². The number of ether oxygens (including phenoxy) is 1. The highest BCUT2D eigenvalue weighted by atomic mass is 32.2. The van der Waals surface area contributed by atoms with Crippen LogP contribution in [-0.2, 0) is 16.8 Å². The minimum Gasteiger partial charge on any atom is -0.497 e. The molecule has 0 spiro atoms. The highest BCUT2D eigenvalue weighted by Crippen LogP contribution is 2.18.